The average molecular weight is 115 g/mol. The number of hydrogen-bond donors (Lipinski definition) is 1. The highest BCUT2D eigenvalue weighted by atomic mass is 32.2. The maximum Gasteiger partial charge on any atom is 0.0551 e. The number of thioether (sulfide) groups is 1. The minimum atomic E-state index is 0.366. The summed E-state index contributed by atoms with van der Waals surface area (Å²) in [5.74, 6) is 0. The largest absolute Gasteiger partial charge is 0.319 e. The zero-order valence-corrected chi connectivity index (χ0v) is 4.95. The monoisotopic (exact) mass is 115 g/mol. The molecule has 1 aliphatic rings. The molecule has 1 atom stereocenters. The molecule has 2 heteroatoms. The lowest BCUT2D eigenvalue weighted by molar-refractivity contribution is 0.800. The van der Waals surface area contributed by atoms with Crippen molar-refractivity contribution >= 4 is 11.8 Å². The first-order chi connectivity index (χ1) is 3.39. The van der Waals surface area contributed by atoms with Gasteiger partial charge in [0.25, 0.3) is 0 Å². The highest BCUT2D eigenvalue weighted by Gasteiger charge is 2.01. The minimum absolute atomic E-state index is 0.366. The van der Waals surface area contributed by atoms with Gasteiger partial charge in [0.05, 0.1) is 5.37 Å². The van der Waals surface area contributed by atoms with E-state index in [2.05, 4.69) is 11.5 Å². The van der Waals surface area contributed by atoms with Gasteiger partial charge in [-0.05, 0) is 18.2 Å². The summed E-state index contributed by atoms with van der Waals surface area (Å²) in [7, 11) is 0. The van der Waals surface area contributed by atoms with E-state index in [1.165, 1.54) is 0 Å². The summed E-state index contributed by atoms with van der Waals surface area (Å²) in [6, 6.07) is 0. The quantitative estimate of drug-likeness (QED) is 0.515. The van der Waals surface area contributed by atoms with Gasteiger partial charge in [0.15, 0.2) is 0 Å². The molecule has 0 aliphatic carbocycles. The predicted molar refractivity (Wildman–Crippen MR) is 33.9 cm³/mol. The molecule has 0 aromatic rings. The smallest absolute Gasteiger partial charge is 0.0551 e. The zero-order chi connectivity index (χ0) is 5.11. The van der Waals surface area contributed by atoms with Crippen molar-refractivity contribution in [3.05, 3.63) is 11.5 Å². The van der Waals surface area contributed by atoms with Crippen LogP contribution in [0, 0.1) is 0 Å². The Kier molecular flexibility index (Phi) is 1.77. The fraction of sp³-hybridized carbons (Fsp3) is 0.600. The molecule has 0 aromatic carbocycles. The van der Waals surface area contributed by atoms with Gasteiger partial charge in [-0.25, -0.2) is 0 Å². The van der Waals surface area contributed by atoms with E-state index < -0.39 is 0 Å². The second-order valence-electron chi connectivity index (χ2n) is 1.62. The lowest BCUT2D eigenvalue weighted by Gasteiger charge is -2.09. The Labute approximate surface area is 48.0 Å². The maximum absolute atomic E-state index is 5.55. The molecule has 1 heterocycles. The molecule has 0 radical (unpaired) electrons. The zero-order valence-electron chi connectivity index (χ0n) is 4.13. The summed E-state index contributed by atoms with van der Waals surface area (Å²) in [6.07, 6.45) is 4.46. The molecule has 2 N–H and O–H groups in total. The first-order valence-electron chi connectivity index (χ1n) is 2.45. The van der Waals surface area contributed by atoms with Crippen molar-refractivity contribution in [2.45, 2.75) is 18.2 Å². The van der Waals surface area contributed by atoms with Gasteiger partial charge in [0.1, 0.15) is 0 Å². The number of hydrogen-bond acceptors (Lipinski definition) is 2. The first-order valence-corrected chi connectivity index (χ1v) is 3.40. The number of nitrogens with two attached hydrogens (primary N) is 1. The predicted octanol–water partition coefficient (Wildman–Crippen LogP) is 1.31. The van der Waals surface area contributed by atoms with Crippen molar-refractivity contribution in [1.82, 2.24) is 0 Å². The van der Waals surface area contributed by atoms with Crippen LogP contribution >= 0.6 is 11.8 Å². The van der Waals surface area contributed by atoms with Gasteiger partial charge < -0.3 is 5.73 Å². The fourth-order valence-electron chi connectivity index (χ4n) is 0.553. The summed E-state index contributed by atoms with van der Waals surface area (Å²) < 4.78 is 0. The summed E-state index contributed by atoms with van der Waals surface area (Å²) in [4.78, 5) is 0. The summed E-state index contributed by atoms with van der Waals surface area (Å²) in [5, 5.41) is 2.44. The number of allylic oxidation sites excluding steroid dienone is 1. The second kappa shape index (κ2) is 2.38. The van der Waals surface area contributed by atoms with Crippen molar-refractivity contribution in [3.63, 3.8) is 0 Å². The fourth-order valence-corrected chi connectivity index (χ4v) is 1.27. The summed E-state index contributed by atoms with van der Waals surface area (Å²) in [6.45, 7) is 0. The molecule has 0 fully saturated rings. The third kappa shape index (κ3) is 1.53. The number of rotatable bonds is 0. The van der Waals surface area contributed by atoms with E-state index >= 15 is 0 Å². The van der Waals surface area contributed by atoms with Crippen molar-refractivity contribution in [2.75, 3.05) is 0 Å². The van der Waals surface area contributed by atoms with Crippen molar-refractivity contribution in [2.24, 2.45) is 5.73 Å². The van der Waals surface area contributed by atoms with Gasteiger partial charge in [-0.2, -0.15) is 0 Å². The Hall–Kier alpha value is 0.0500. The van der Waals surface area contributed by atoms with Crippen molar-refractivity contribution < 1.29 is 0 Å². The van der Waals surface area contributed by atoms with Gasteiger partial charge in [0, 0.05) is 0 Å². The third-order valence-corrected chi connectivity index (χ3v) is 1.90. The Morgan fingerprint density at radius 1 is 1.71 bits per heavy atom. The average Bonchev–Trinajstić information content (AvgIpc) is 1.69. The Bertz CT molecular complexity index is 80.1. The molecule has 1 nitrogen and oxygen atoms in total. The highest BCUT2D eigenvalue weighted by Crippen LogP contribution is 2.18. The highest BCUT2D eigenvalue weighted by molar-refractivity contribution is 8.02. The molecule has 0 bridgehead atoms. The van der Waals surface area contributed by atoms with Crippen LogP contribution in [0.2, 0.25) is 0 Å². The van der Waals surface area contributed by atoms with Crippen molar-refractivity contribution in [1.29, 1.82) is 0 Å². The van der Waals surface area contributed by atoms with Gasteiger partial charge in [-0.3, -0.25) is 0 Å². The minimum Gasteiger partial charge on any atom is -0.319 e. The molecule has 1 aliphatic heterocycles. The molecule has 0 aromatic heterocycles. The molecule has 0 spiro atoms. The molecule has 7 heavy (non-hydrogen) atoms. The van der Waals surface area contributed by atoms with E-state index in [9.17, 15) is 0 Å². The van der Waals surface area contributed by atoms with Gasteiger partial charge >= 0.3 is 0 Å². The van der Waals surface area contributed by atoms with Crippen LogP contribution in [-0.2, 0) is 0 Å². The van der Waals surface area contributed by atoms with Crippen LogP contribution in [0.15, 0.2) is 11.5 Å². The SMILES string of the molecule is NC1CCC=CS1. The first kappa shape index (κ1) is 5.19. The maximum atomic E-state index is 5.55. The molecule has 0 amide bonds. The molecular weight excluding hydrogens is 106 g/mol. The van der Waals surface area contributed by atoms with E-state index in [0.717, 1.165) is 12.8 Å². The van der Waals surface area contributed by atoms with Crippen LogP contribution in [0.3, 0.4) is 0 Å². The second-order valence-corrected chi connectivity index (χ2v) is 2.77. The van der Waals surface area contributed by atoms with Crippen LogP contribution in [0.5, 0.6) is 0 Å². The Morgan fingerprint density at radius 2 is 2.57 bits per heavy atom. The van der Waals surface area contributed by atoms with Gasteiger partial charge in [0.2, 0.25) is 0 Å². The van der Waals surface area contributed by atoms with Gasteiger partial charge in [-0.15, -0.1) is 11.8 Å². The van der Waals surface area contributed by atoms with Crippen LogP contribution in [0.1, 0.15) is 12.8 Å². The molecule has 1 unspecified atom stereocenters. The normalized spacial score (nSPS) is 30.7. The van der Waals surface area contributed by atoms with Crippen molar-refractivity contribution in [3.8, 4) is 0 Å². The van der Waals surface area contributed by atoms with E-state index in [-0.39, 0.29) is 0 Å². The van der Waals surface area contributed by atoms with Crippen LogP contribution < -0.4 is 5.73 Å². The molecule has 0 saturated carbocycles. The third-order valence-electron chi connectivity index (χ3n) is 0.967. The summed E-state index contributed by atoms with van der Waals surface area (Å²) >= 11 is 1.72. The molecule has 1 rings (SSSR count). The topological polar surface area (TPSA) is 26.0 Å². The Balaban J connectivity index is 2.32. The Morgan fingerprint density at radius 3 is 2.86 bits per heavy atom. The lowest BCUT2D eigenvalue weighted by Crippen LogP contribution is -2.14. The van der Waals surface area contributed by atoms with Crippen LogP contribution in [0.4, 0.5) is 0 Å². The van der Waals surface area contributed by atoms with E-state index in [0.29, 0.717) is 5.37 Å². The van der Waals surface area contributed by atoms with E-state index in [4.69, 9.17) is 5.73 Å². The molecule has 0 saturated heterocycles. The van der Waals surface area contributed by atoms with Gasteiger partial charge in [-0.1, -0.05) is 6.08 Å². The summed E-state index contributed by atoms with van der Waals surface area (Å²) in [5.41, 5.74) is 5.55. The lowest BCUT2D eigenvalue weighted by atomic mass is 10.3. The van der Waals surface area contributed by atoms with E-state index in [1.54, 1.807) is 11.8 Å². The molecule has 40 valence electrons. The van der Waals surface area contributed by atoms with E-state index in [1.807, 2.05) is 0 Å². The van der Waals surface area contributed by atoms with Crippen LogP contribution in [0.25, 0.3) is 0 Å². The van der Waals surface area contributed by atoms with Crippen LogP contribution in [-0.4, -0.2) is 5.37 Å². The standard InChI is InChI=1S/C5H9NS/c6-5-3-1-2-4-7-5/h2,4-5H,1,3,6H2. The molecular formula is C5H9NS.